The third kappa shape index (κ3) is 5.06. The molecule has 0 fully saturated rings. The quantitative estimate of drug-likeness (QED) is 0.397. The summed E-state index contributed by atoms with van der Waals surface area (Å²) in [5, 5.41) is 12.0. The number of carbonyl (C=O) groups excluding carboxylic acids is 2. The van der Waals surface area contributed by atoms with Crippen molar-refractivity contribution in [2.45, 2.75) is 12.5 Å². The van der Waals surface area contributed by atoms with Crippen molar-refractivity contribution in [1.82, 2.24) is 4.90 Å². The minimum Gasteiger partial charge on any atom is -0.465 e. The predicted octanol–water partition coefficient (Wildman–Crippen LogP) is 3.75. The van der Waals surface area contributed by atoms with E-state index in [1.165, 1.54) is 7.11 Å². The molecule has 1 aliphatic rings. The number of aliphatic hydroxyl groups excluding tert-OH is 1. The summed E-state index contributed by atoms with van der Waals surface area (Å²) >= 11 is 0. The van der Waals surface area contributed by atoms with Crippen molar-refractivity contribution in [3.63, 3.8) is 0 Å². The van der Waals surface area contributed by atoms with Crippen LogP contribution in [-0.4, -0.2) is 54.9 Å². The number of amides is 1. The maximum atomic E-state index is 13.1. The smallest absolute Gasteiger partial charge is 0.337 e. The maximum Gasteiger partial charge on any atom is 0.337 e. The van der Waals surface area contributed by atoms with Crippen molar-refractivity contribution >= 4 is 29.0 Å². The Morgan fingerprint density at radius 2 is 1.79 bits per heavy atom. The van der Waals surface area contributed by atoms with Gasteiger partial charge in [-0.3, -0.25) is 14.7 Å². The first-order chi connectivity index (χ1) is 16.5. The first kappa shape index (κ1) is 23.4. The summed E-state index contributed by atoms with van der Waals surface area (Å²) in [5.74, 6) is -1.26. The summed E-state index contributed by atoms with van der Waals surface area (Å²) < 4.78 is 4.80. The highest BCUT2D eigenvalue weighted by molar-refractivity contribution is 6.24. The Bertz CT molecular complexity index is 1210. The van der Waals surface area contributed by atoms with E-state index in [1.54, 1.807) is 18.2 Å². The molecule has 4 rings (SSSR count). The fourth-order valence-corrected chi connectivity index (χ4v) is 4.06. The molecule has 1 unspecified atom stereocenters. The summed E-state index contributed by atoms with van der Waals surface area (Å²) in [4.78, 5) is 32.0. The summed E-state index contributed by atoms with van der Waals surface area (Å²) in [6, 6.07) is 22.6. The lowest BCUT2D eigenvalue weighted by molar-refractivity contribution is -0.115. The molecule has 174 valence electrons. The highest BCUT2D eigenvalue weighted by Crippen LogP contribution is 2.37. The topological polar surface area (TPSA) is 91.2 Å². The number of carbonyl (C=O) groups is 2. The summed E-state index contributed by atoms with van der Waals surface area (Å²) in [6.07, 6.45) is 0. The Hall–Kier alpha value is -3.81. The molecule has 2 N–H and O–H groups in total. The number of methoxy groups -OCH3 is 1. The van der Waals surface area contributed by atoms with Crippen LogP contribution in [0.3, 0.4) is 0 Å². The number of nitrogens with zero attached hydrogens (tertiary/aromatic N) is 2. The number of nitrogens with one attached hydrogen (secondary N) is 1. The van der Waals surface area contributed by atoms with Crippen LogP contribution in [0.5, 0.6) is 0 Å². The normalized spacial score (nSPS) is 15.2. The molecule has 7 heteroatoms. The van der Waals surface area contributed by atoms with Crippen LogP contribution in [0, 0.1) is 0 Å². The maximum absolute atomic E-state index is 13.1. The van der Waals surface area contributed by atoms with Crippen molar-refractivity contribution in [3.05, 3.63) is 95.1 Å². The van der Waals surface area contributed by atoms with Gasteiger partial charge < -0.3 is 15.2 Å². The molecule has 34 heavy (non-hydrogen) atoms. The molecule has 0 aliphatic carbocycles. The largest absolute Gasteiger partial charge is 0.465 e. The lowest BCUT2D eigenvalue weighted by Crippen LogP contribution is -2.22. The van der Waals surface area contributed by atoms with E-state index in [4.69, 9.17) is 14.8 Å². The van der Waals surface area contributed by atoms with Crippen molar-refractivity contribution in [1.29, 1.82) is 0 Å². The van der Waals surface area contributed by atoms with Crippen LogP contribution >= 0.6 is 0 Å². The van der Waals surface area contributed by atoms with Crippen molar-refractivity contribution in [2.75, 3.05) is 32.6 Å². The molecule has 3 aromatic rings. The minimum absolute atomic E-state index is 0.116. The van der Waals surface area contributed by atoms with Gasteiger partial charge in [-0.05, 0) is 48.0 Å². The number of likely N-dealkylation sites (N-methyl/N-ethyl adjacent to an activating group) is 1. The standard InChI is InChI=1S/C27H27N3O4/c1-30(14-15-31)17-18-8-11-21(12-9-18)28-25(19-6-4-3-5-7-19)24-22-13-10-20(27(33)34-2)16-23(22)29-26(24)32/h3-13,16,24,31H,14-15,17H2,1-2H3,(H,29,32). The molecule has 7 nitrogen and oxygen atoms in total. The Kier molecular flexibility index (Phi) is 7.15. The lowest BCUT2D eigenvalue weighted by Gasteiger charge is -2.16. The molecule has 1 amide bonds. The van der Waals surface area contributed by atoms with Gasteiger partial charge in [0.25, 0.3) is 0 Å². The number of hydrogen-bond donors (Lipinski definition) is 2. The lowest BCUT2D eigenvalue weighted by atomic mass is 9.90. The van der Waals surface area contributed by atoms with E-state index in [2.05, 4.69) is 5.32 Å². The van der Waals surface area contributed by atoms with Gasteiger partial charge in [0, 0.05) is 18.8 Å². The summed E-state index contributed by atoms with van der Waals surface area (Å²) in [6.45, 7) is 1.44. The van der Waals surface area contributed by atoms with Gasteiger partial charge in [-0.25, -0.2) is 4.79 Å². The number of aliphatic imine (C=N–C) groups is 1. The second-order valence-electron chi connectivity index (χ2n) is 8.21. The summed E-state index contributed by atoms with van der Waals surface area (Å²) in [5.41, 5.74) is 5.05. The number of esters is 1. The molecule has 1 aliphatic heterocycles. The van der Waals surface area contributed by atoms with E-state index in [0.717, 1.165) is 28.9 Å². The van der Waals surface area contributed by atoms with Gasteiger partial charge in [0.1, 0.15) is 5.92 Å². The van der Waals surface area contributed by atoms with E-state index in [-0.39, 0.29) is 12.5 Å². The average molecular weight is 458 g/mol. The van der Waals surface area contributed by atoms with Crippen molar-refractivity contribution in [3.8, 4) is 0 Å². The first-order valence-corrected chi connectivity index (χ1v) is 11.1. The van der Waals surface area contributed by atoms with E-state index in [0.29, 0.717) is 23.5 Å². The monoisotopic (exact) mass is 457 g/mol. The Labute approximate surface area is 198 Å². The van der Waals surface area contributed by atoms with E-state index in [9.17, 15) is 9.59 Å². The highest BCUT2D eigenvalue weighted by Gasteiger charge is 2.36. The SMILES string of the molecule is COC(=O)c1ccc2c(c1)NC(=O)C2C(=Nc1ccc(CN(C)CCO)cc1)c1ccccc1. The van der Waals surface area contributed by atoms with Crippen LogP contribution in [0.15, 0.2) is 77.8 Å². The predicted molar refractivity (Wildman–Crippen MR) is 132 cm³/mol. The third-order valence-electron chi connectivity index (χ3n) is 5.77. The van der Waals surface area contributed by atoms with Gasteiger partial charge in [0.2, 0.25) is 5.91 Å². The van der Waals surface area contributed by atoms with E-state index < -0.39 is 11.9 Å². The Morgan fingerprint density at radius 3 is 2.47 bits per heavy atom. The number of aliphatic hydroxyl groups is 1. The molecule has 0 radical (unpaired) electrons. The number of fused-ring (bicyclic) bond motifs is 1. The van der Waals surface area contributed by atoms with E-state index >= 15 is 0 Å². The molecular formula is C27H27N3O4. The zero-order chi connectivity index (χ0) is 24.1. The van der Waals surface area contributed by atoms with Crippen LogP contribution in [0.2, 0.25) is 0 Å². The van der Waals surface area contributed by atoms with Crippen LogP contribution in [0.4, 0.5) is 11.4 Å². The molecule has 0 saturated carbocycles. The molecule has 1 heterocycles. The fourth-order valence-electron chi connectivity index (χ4n) is 4.06. The molecule has 3 aromatic carbocycles. The number of hydrogen-bond acceptors (Lipinski definition) is 6. The van der Waals surface area contributed by atoms with Gasteiger partial charge in [-0.1, -0.05) is 48.5 Å². The van der Waals surface area contributed by atoms with Gasteiger partial charge in [0.05, 0.1) is 30.7 Å². The molecule has 0 saturated heterocycles. The molecule has 1 atom stereocenters. The summed E-state index contributed by atoms with van der Waals surface area (Å²) in [7, 11) is 3.28. The van der Waals surface area contributed by atoms with Crippen LogP contribution in [-0.2, 0) is 16.1 Å². The molecular weight excluding hydrogens is 430 g/mol. The van der Waals surface area contributed by atoms with Gasteiger partial charge in [-0.2, -0.15) is 0 Å². The molecule has 0 bridgehead atoms. The van der Waals surface area contributed by atoms with Gasteiger partial charge in [-0.15, -0.1) is 0 Å². The molecule has 0 spiro atoms. The second kappa shape index (κ2) is 10.4. The van der Waals surface area contributed by atoms with Crippen LogP contribution < -0.4 is 5.32 Å². The minimum atomic E-state index is -0.612. The number of anilines is 1. The van der Waals surface area contributed by atoms with Crippen LogP contribution in [0.1, 0.15) is 33.0 Å². The zero-order valence-electron chi connectivity index (χ0n) is 19.2. The fraction of sp³-hybridized carbons (Fsp3) is 0.222. The van der Waals surface area contributed by atoms with Crippen molar-refractivity contribution in [2.24, 2.45) is 4.99 Å². The second-order valence-corrected chi connectivity index (χ2v) is 8.21. The van der Waals surface area contributed by atoms with E-state index in [1.807, 2.05) is 66.5 Å². The number of ether oxygens (including phenoxy) is 1. The van der Waals surface area contributed by atoms with Gasteiger partial charge in [0.15, 0.2) is 0 Å². The van der Waals surface area contributed by atoms with Crippen LogP contribution in [0.25, 0.3) is 0 Å². The molecule has 0 aromatic heterocycles. The number of benzene rings is 3. The Morgan fingerprint density at radius 1 is 1.06 bits per heavy atom. The zero-order valence-corrected chi connectivity index (χ0v) is 19.2. The Balaban J connectivity index is 1.71. The number of rotatable bonds is 8. The average Bonchev–Trinajstić information content (AvgIpc) is 3.18. The van der Waals surface area contributed by atoms with Gasteiger partial charge >= 0.3 is 5.97 Å². The third-order valence-corrected chi connectivity index (χ3v) is 5.77. The van der Waals surface area contributed by atoms with Crippen molar-refractivity contribution < 1.29 is 19.4 Å². The first-order valence-electron chi connectivity index (χ1n) is 11.1. The highest BCUT2D eigenvalue weighted by atomic mass is 16.5.